The van der Waals surface area contributed by atoms with Gasteiger partial charge >= 0.3 is 0 Å². The van der Waals surface area contributed by atoms with Crippen LogP contribution in [0.15, 0.2) is 12.3 Å². The van der Waals surface area contributed by atoms with Crippen LogP contribution in [0.5, 0.6) is 0 Å². The lowest BCUT2D eigenvalue weighted by Gasteiger charge is -2.22. The molecular weight excluding hydrogens is 220 g/mol. The highest BCUT2D eigenvalue weighted by atomic mass is 14.9. The van der Waals surface area contributed by atoms with Crippen LogP contribution < -0.4 is 5.32 Å². The summed E-state index contributed by atoms with van der Waals surface area (Å²) < 4.78 is 0. The van der Waals surface area contributed by atoms with E-state index in [1.54, 1.807) is 0 Å². The van der Waals surface area contributed by atoms with Crippen LogP contribution in [0, 0.1) is 20.8 Å². The molecule has 2 heteroatoms. The molecule has 18 heavy (non-hydrogen) atoms. The monoisotopic (exact) mass is 242 g/mol. The number of fused-ring (bicyclic) bond motifs is 1. The Morgan fingerprint density at radius 1 is 1.06 bits per heavy atom. The molecule has 2 heterocycles. The largest absolute Gasteiger partial charge is 0.361 e. The zero-order valence-corrected chi connectivity index (χ0v) is 11.6. The van der Waals surface area contributed by atoms with Gasteiger partial charge in [0.25, 0.3) is 0 Å². The van der Waals surface area contributed by atoms with E-state index in [2.05, 4.69) is 43.3 Å². The Bertz CT molecular complexity index is 574. The first-order chi connectivity index (χ1) is 8.68. The molecule has 0 bridgehead atoms. The van der Waals surface area contributed by atoms with Crippen LogP contribution in [0.1, 0.15) is 41.0 Å². The molecule has 0 atom stereocenters. The summed E-state index contributed by atoms with van der Waals surface area (Å²) in [6.07, 6.45) is 4.77. The number of rotatable bonds is 1. The summed E-state index contributed by atoms with van der Waals surface area (Å²) in [5, 5.41) is 4.89. The number of aryl methyl sites for hydroxylation is 2. The smallest absolute Gasteiger partial charge is 0.0489 e. The predicted molar refractivity (Wildman–Crippen MR) is 77.4 cm³/mol. The van der Waals surface area contributed by atoms with Gasteiger partial charge in [0, 0.05) is 17.1 Å². The van der Waals surface area contributed by atoms with Crippen LogP contribution in [0.25, 0.3) is 10.9 Å². The minimum absolute atomic E-state index is 0.724. The molecule has 2 N–H and O–H groups in total. The zero-order valence-electron chi connectivity index (χ0n) is 11.6. The van der Waals surface area contributed by atoms with Crippen molar-refractivity contribution in [3.63, 3.8) is 0 Å². The minimum Gasteiger partial charge on any atom is -0.361 e. The van der Waals surface area contributed by atoms with Crippen LogP contribution in [0.3, 0.4) is 0 Å². The SMILES string of the molecule is Cc1cc2c(C3CCNCC3)c[nH]c2c(C)c1C. The van der Waals surface area contributed by atoms with E-state index in [0.717, 1.165) is 19.0 Å². The number of hydrogen-bond acceptors (Lipinski definition) is 1. The molecule has 0 unspecified atom stereocenters. The first-order valence-corrected chi connectivity index (χ1v) is 6.97. The molecule has 0 aliphatic carbocycles. The number of piperidine rings is 1. The predicted octanol–water partition coefficient (Wildman–Crippen LogP) is 3.56. The number of hydrogen-bond donors (Lipinski definition) is 2. The first kappa shape index (κ1) is 11.8. The fourth-order valence-corrected chi connectivity index (χ4v) is 3.19. The van der Waals surface area contributed by atoms with Crippen molar-refractivity contribution < 1.29 is 0 Å². The second kappa shape index (κ2) is 4.43. The molecule has 2 nitrogen and oxygen atoms in total. The standard InChI is InChI=1S/C16H22N2/c1-10-8-14-15(13-4-6-17-7-5-13)9-18-16(14)12(3)11(10)2/h8-9,13,17-18H,4-7H2,1-3H3. The number of aromatic nitrogens is 1. The van der Waals surface area contributed by atoms with Crippen molar-refractivity contribution in [2.75, 3.05) is 13.1 Å². The average molecular weight is 242 g/mol. The third-order valence-corrected chi connectivity index (χ3v) is 4.62. The maximum atomic E-state index is 3.50. The van der Waals surface area contributed by atoms with Gasteiger partial charge in [-0.1, -0.05) is 0 Å². The van der Waals surface area contributed by atoms with Gasteiger partial charge in [0.15, 0.2) is 0 Å². The third-order valence-electron chi connectivity index (χ3n) is 4.62. The molecule has 0 saturated carbocycles. The van der Waals surface area contributed by atoms with E-state index in [-0.39, 0.29) is 0 Å². The highest BCUT2D eigenvalue weighted by Crippen LogP contribution is 2.34. The van der Waals surface area contributed by atoms with Crippen molar-refractivity contribution in [2.24, 2.45) is 0 Å². The lowest BCUT2D eigenvalue weighted by atomic mass is 9.88. The van der Waals surface area contributed by atoms with E-state index in [1.807, 2.05) is 0 Å². The summed E-state index contributed by atoms with van der Waals surface area (Å²) in [6, 6.07) is 2.37. The van der Waals surface area contributed by atoms with Crippen molar-refractivity contribution in [1.29, 1.82) is 0 Å². The van der Waals surface area contributed by atoms with Gasteiger partial charge in [-0.25, -0.2) is 0 Å². The molecule has 0 amide bonds. The van der Waals surface area contributed by atoms with E-state index in [9.17, 15) is 0 Å². The fraction of sp³-hybridized carbons (Fsp3) is 0.500. The Hall–Kier alpha value is -1.28. The molecule has 1 saturated heterocycles. The maximum Gasteiger partial charge on any atom is 0.0489 e. The summed E-state index contributed by atoms with van der Waals surface area (Å²) in [4.78, 5) is 3.50. The normalized spacial score (nSPS) is 17.5. The summed E-state index contributed by atoms with van der Waals surface area (Å²) in [5.74, 6) is 0.724. The van der Waals surface area contributed by atoms with Crippen molar-refractivity contribution in [3.05, 3.63) is 34.5 Å². The molecular formula is C16H22N2. The minimum atomic E-state index is 0.724. The van der Waals surface area contributed by atoms with Crippen LogP contribution in [-0.2, 0) is 0 Å². The van der Waals surface area contributed by atoms with Gasteiger partial charge in [0.2, 0.25) is 0 Å². The van der Waals surface area contributed by atoms with E-state index < -0.39 is 0 Å². The molecule has 2 aromatic rings. The Balaban J connectivity index is 2.13. The molecule has 1 aliphatic rings. The van der Waals surface area contributed by atoms with Crippen LogP contribution >= 0.6 is 0 Å². The molecule has 0 spiro atoms. The number of aromatic amines is 1. The lowest BCUT2D eigenvalue weighted by Crippen LogP contribution is -2.26. The van der Waals surface area contributed by atoms with Crippen molar-refractivity contribution >= 4 is 10.9 Å². The van der Waals surface area contributed by atoms with Gasteiger partial charge in [-0.05, 0) is 80.9 Å². The summed E-state index contributed by atoms with van der Waals surface area (Å²) in [5.41, 5.74) is 7.10. The topological polar surface area (TPSA) is 27.8 Å². The van der Waals surface area contributed by atoms with Crippen LogP contribution in [-0.4, -0.2) is 18.1 Å². The lowest BCUT2D eigenvalue weighted by molar-refractivity contribution is 0.462. The van der Waals surface area contributed by atoms with Crippen molar-refractivity contribution in [2.45, 2.75) is 39.5 Å². The number of H-pyrrole nitrogens is 1. The first-order valence-electron chi connectivity index (χ1n) is 6.97. The van der Waals surface area contributed by atoms with Gasteiger partial charge in [-0.15, -0.1) is 0 Å². The summed E-state index contributed by atoms with van der Waals surface area (Å²) in [7, 11) is 0. The molecule has 1 aromatic heterocycles. The summed E-state index contributed by atoms with van der Waals surface area (Å²) >= 11 is 0. The number of benzene rings is 1. The highest BCUT2D eigenvalue weighted by Gasteiger charge is 2.19. The fourth-order valence-electron chi connectivity index (χ4n) is 3.19. The molecule has 1 fully saturated rings. The molecule has 1 aliphatic heterocycles. The van der Waals surface area contributed by atoms with Gasteiger partial charge in [0.1, 0.15) is 0 Å². The van der Waals surface area contributed by atoms with Crippen molar-refractivity contribution in [1.82, 2.24) is 10.3 Å². The number of nitrogens with one attached hydrogen (secondary N) is 2. The van der Waals surface area contributed by atoms with Crippen molar-refractivity contribution in [3.8, 4) is 0 Å². The average Bonchev–Trinajstić information content (AvgIpc) is 2.81. The second-order valence-corrected chi connectivity index (χ2v) is 5.63. The Morgan fingerprint density at radius 2 is 1.78 bits per heavy atom. The van der Waals surface area contributed by atoms with Crippen LogP contribution in [0.2, 0.25) is 0 Å². The molecule has 0 radical (unpaired) electrons. The Labute approximate surface area is 109 Å². The zero-order chi connectivity index (χ0) is 12.7. The Kier molecular flexibility index (Phi) is 2.90. The summed E-state index contributed by atoms with van der Waals surface area (Å²) in [6.45, 7) is 8.98. The molecule has 96 valence electrons. The van der Waals surface area contributed by atoms with E-state index >= 15 is 0 Å². The van der Waals surface area contributed by atoms with Gasteiger partial charge in [-0.2, -0.15) is 0 Å². The van der Waals surface area contributed by atoms with Gasteiger partial charge in [0.05, 0.1) is 0 Å². The highest BCUT2D eigenvalue weighted by molar-refractivity contribution is 5.88. The Morgan fingerprint density at radius 3 is 2.50 bits per heavy atom. The molecule has 3 rings (SSSR count). The van der Waals surface area contributed by atoms with Crippen LogP contribution in [0.4, 0.5) is 0 Å². The third kappa shape index (κ3) is 1.76. The van der Waals surface area contributed by atoms with E-state index in [1.165, 1.54) is 46.0 Å². The van der Waals surface area contributed by atoms with E-state index in [4.69, 9.17) is 0 Å². The van der Waals surface area contributed by atoms with Gasteiger partial charge in [-0.3, -0.25) is 0 Å². The molecule has 1 aromatic carbocycles. The second-order valence-electron chi connectivity index (χ2n) is 5.63. The maximum absolute atomic E-state index is 3.50. The quantitative estimate of drug-likeness (QED) is 0.786. The van der Waals surface area contributed by atoms with Gasteiger partial charge < -0.3 is 10.3 Å². The van der Waals surface area contributed by atoms with E-state index in [0.29, 0.717) is 0 Å².